The van der Waals surface area contributed by atoms with Gasteiger partial charge in [0.05, 0.1) is 12.4 Å². The predicted octanol–water partition coefficient (Wildman–Crippen LogP) is 5.71. The minimum absolute atomic E-state index is 0. The number of benzene rings is 4. The van der Waals surface area contributed by atoms with Gasteiger partial charge in [0.2, 0.25) is 5.96 Å². The Morgan fingerprint density at radius 3 is 1.48 bits per heavy atom. The Hall–Kier alpha value is -4.22. The number of nitrogens with zero attached hydrogens (tertiary/aromatic N) is 3. The molecule has 0 aromatic heterocycles. The van der Waals surface area contributed by atoms with Crippen molar-refractivity contribution in [2.24, 2.45) is 21.0 Å². The highest BCUT2D eigenvalue weighted by Gasteiger charge is 1.97. The van der Waals surface area contributed by atoms with Gasteiger partial charge in [-0.25, -0.2) is 5.43 Å². The lowest BCUT2D eigenvalue weighted by molar-refractivity contribution is 0.994. The second-order valence-electron chi connectivity index (χ2n) is 7.08. The fourth-order valence-corrected chi connectivity index (χ4v) is 3.14. The van der Waals surface area contributed by atoms with Gasteiger partial charge in [-0.1, -0.05) is 109 Å². The van der Waals surface area contributed by atoms with Crippen LogP contribution in [0.2, 0.25) is 0 Å². The van der Waals surface area contributed by atoms with Crippen LogP contribution < -0.4 is 11.2 Å². The predicted molar refractivity (Wildman–Crippen MR) is 141 cm³/mol. The molecule has 0 unspecified atom stereocenters. The van der Waals surface area contributed by atoms with E-state index in [0.717, 1.165) is 22.3 Å². The van der Waals surface area contributed by atoms with Crippen LogP contribution in [0.4, 0.5) is 0 Å². The highest BCUT2D eigenvalue weighted by atomic mass is 35.5. The average molecular weight is 454 g/mol. The van der Waals surface area contributed by atoms with E-state index in [2.05, 4.69) is 69.3 Å². The van der Waals surface area contributed by atoms with Crippen molar-refractivity contribution in [2.75, 3.05) is 0 Å². The third-order valence-electron chi connectivity index (χ3n) is 4.80. The smallest absolute Gasteiger partial charge is 0.234 e. The van der Waals surface area contributed by atoms with Crippen LogP contribution >= 0.6 is 12.4 Å². The molecule has 0 heterocycles. The van der Waals surface area contributed by atoms with Crippen LogP contribution in [0.5, 0.6) is 0 Å². The van der Waals surface area contributed by atoms with Crippen LogP contribution in [-0.4, -0.2) is 18.4 Å². The van der Waals surface area contributed by atoms with Crippen molar-refractivity contribution in [1.29, 1.82) is 0 Å². The summed E-state index contributed by atoms with van der Waals surface area (Å²) in [5.74, 6) is 0.110. The topological polar surface area (TPSA) is 75.1 Å². The van der Waals surface area contributed by atoms with Gasteiger partial charge in [-0.2, -0.15) is 10.2 Å². The number of nitrogens with two attached hydrogens (primary N) is 1. The summed E-state index contributed by atoms with van der Waals surface area (Å²) in [7, 11) is 0. The molecular weight excluding hydrogens is 430 g/mol. The first-order valence-electron chi connectivity index (χ1n) is 10.2. The molecule has 0 saturated carbocycles. The highest BCUT2D eigenvalue weighted by Crippen LogP contribution is 2.19. The van der Waals surface area contributed by atoms with Crippen molar-refractivity contribution in [3.63, 3.8) is 0 Å². The number of guanidine groups is 1. The van der Waals surface area contributed by atoms with Crippen LogP contribution in [0.15, 0.2) is 124 Å². The van der Waals surface area contributed by atoms with Gasteiger partial charge in [-0.05, 0) is 33.4 Å². The van der Waals surface area contributed by atoms with Gasteiger partial charge in [0.25, 0.3) is 0 Å². The van der Waals surface area contributed by atoms with Gasteiger partial charge < -0.3 is 5.73 Å². The second kappa shape index (κ2) is 12.0. The van der Waals surface area contributed by atoms with Gasteiger partial charge >= 0.3 is 0 Å². The lowest BCUT2D eigenvalue weighted by Crippen LogP contribution is -2.26. The Morgan fingerprint density at radius 1 is 0.576 bits per heavy atom. The zero-order valence-corrected chi connectivity index (χ0v) is 18.7. The molecule has 164 valence electrons. The molecule has 33 heavy (non-hydrogen) atoms. The van der Waals surface area contributed by atoms with E-state index in [4.69, 9.17) is 5.73 Å². The van der Waals surface area contributed by atoms with E-state index in [1.165, 1.54) is 11.1 Å². The van der Waals surface area contributed by atoms with Crippen molar-refractivity contribution in [3.05, 3.63) is 120 Å². The monoisotopic (exact) mass is 453 g/mol. The highest BCUT2D eigenvalue weighted by molar-refractivity contribution is 5.86. The van der Waals surface area contributed by atoms with Crippen LogP contribution in [0, 0.1) is 0 Å². The third kappa shape index (κ3) is 6.89. The summed E-state index contributed by atoms with van der Waals surface area (Å²) in [5.41, 5.74) is 15.0. The SMILES string of the molecule is Cl.NC(=NN=Cc1ccc(-c2ccccc2)cc1)NN=Cc1ccc(-c2ccccc2)cc1. The van der Waals surface area contributed by atoms with Crippen LogP contribution in [-0.2, 0) is 0 Å². The van der Waals surface area contributed by atoms with Gasteiger partial charge in [0.15, 0.2) is 0 Å². The molecule has 0 aliphatic heterocycles. The van der Waals surface area contributed by atoms with Crippen molar-refractivity contribution in [1.82, 2.24) is 5.43 Å². The Labute approximate surface area is 199 Å². The maximum absolute atomic E-state index is 5.81. The van der Waals surface area contributed by atoms with Gasteiger partial charge in [0, 0.05) is 0 Å². The van der Waals surface area contributed by atoms with E-state index in [9.17, 15) is 0 Å². The summed E-state index contributed by atoms with van der Waals surface area (Å²) in [6, 6.07) is 36.6. The summed E-state index contributed by atoms with van der Waals surface area (Å²) in [6.07, 6.45) is 3.33. The lowest BCUT2D eigenvalue weighted by Gasteiger charge is -2.02. The normalized spacial score (nSPS) is 11.5. The maximum atomic E-state index is 5.81. The quantitative estimate of drug-likeness (QED) is 0.223. The number of nitrogens with one attached hydrogen (secondary N) is 1. The first-order valence-corrected chi connectivity index (χ1v) is 10.2. The summed E-state index contributed by atoms with van der Waals surface area (Å²) in [4.78, 5) is 0. The molecule has 3 N–H and O–H groups in total. The number of rotatable bonds is 6. The van der Waals surface area contributed by atoms with E-state index in [0.29, 0.717) is 0 Å². The second-order valence-corrected chi connectivity index (χ2v) is 7.08. The van der Waals surface area contributed by atoms with E-state index in [1.807, 2.05) is 60.7 Å². The van der Waals surface area contributed by atoms with Crippen molar-refractivity contribution in [3.8, 4) is 22.3 Å². The van der Waals surface area contributed by atoms with Crippen molar-refractivity contribution < 1.29 is 0 Å². The third-order valence-corrected chi connectivity index (χ3v) is 4.80. The molecule has 0 radical (unpaired) electrons. The Kier molecular flexibility index (Phi) is 8.51. The van der Waals surface area contributed by atoms with Crippen LogP contribution in [0.25, 0.3) is 22.3 Å². The van der Waals surface area contributed by atoms with E-state index >= 15 is 0 Å². The zero-order valence-electron chi connectivity index (χ0n) is 17.9. The number of hydrogen-bond acceptors (Lipinski definition) is 3. The molecule has 4 aromatic rings. The molecule has 0 bridgehead atoms. The first kappa shape index (κ1) is 23.4. The summed E-state index contributed by atoms with van der Waals surface area (Å²) < 4.78 is 0. The van der Waals surface area contributed by atoms with Crippen molar-refractivity contribution in [2.45, 2.75) is 0 Å². The van der Waals surface area contributed by atoms with Gasteiger partial charge in [-0.3, -0.25) is 0 Å². The molecule has 0 spiro atoms. The lowest BCUT2D eigenvalue weighted by atomic mass is 10.0. The van der Waals surface area contributed by atoms with E-state index in [1.54, 1.807) is 12.4 Å². The average Bonchev–Trinajstić information content (AvgIpc) is 2.86. The fraction of sp³-hybridized carbons (Fsp3) is 0. The molecule has 0 fully saturated rings. The zero-order chi connectivity index (χ0) is 22.0. The summed E-state index contributed by atoms with van der Waals surface area (Å²) >= 11 is 0. The molecule has 0 aliphatic rings. The Balaban J connectivity index is 0.00000306. The number of hydrazone groups is 1. The summed E-state index contributed by atoms with van der Waals surface area (Å²) in [5, 5.41) is 12.1. The molecule has 0 atom stereocenters. The molecule has 4 rings (SSSR count). The van der Waals surface area contributed by atoms with Gasteiger partial charge in [0.1, 0.15) is 0 Å². The van der Waals surface area contributed by atoms with Crippen LogP contribution in [0.1, 0.15) is 11.1 Å². The van der Waals surface area contributed by atoms with Crippen molar-refractivity contribution >= 4 is 30.8 Å². The molecule has 0 amide bonds. The van der Waals surface area contributed by atoms with E-state index < -0.39 is 0 Å². The standard InChI is InChI=1S/C27H23N5.ClH/c28-27(31-29-19-21-11-15-25(16-12-21)23-7-3-1-4-8-23)32-30-20-22-13-17-26(18-14-22)24-9-5-2-6-10-24;/h1-20H,(H3,28,31,32);1H. The van der Waals surface area contributed by atoms with E-state index in [-0.39, 0.29) is 18.4 Å². The minimum atomic E-state index is 0. The maximum Gasteiger partial charge on any atom is 0.234 e. The van der Waals surface area contributed by atoms with Gasteiger partial charge in [-0.15, -0.1) is 17.5 Å². The first-order chi connectivity index (χ1) is 15.8. The molecule has 6 heteroatoms. The molecule has 0 saturated heterocycles. The van der Waals surface area contributed by atoms with Crippen LogP contribution in [0.3, 0.4) is 0 Å². The minimum Gasteiger partial charge on any atom is -0.367 e. The largest absolute Gasteiger partial charge is 0.367 e. The molecule has 4 aromatic carbocycles. The molecule has 0 aliphatic carbocycles. The Morgan fingerprint density at radius 2 is 1.00 bits per heavy atom. The Bertz CT molecular complexity index is 1220. The number of halogens is 1. The number of hydrogen-bond donors (Lipinski definition) is 2. The summed E-state index contributed by atoms with van der Waals surface area (Å²) in [6.45, 7) is 0. The molecular formula is C27H24ClN5. The fourth-order valence-electron chi connectivity index (χ4n) is 3.14. The molecule has 5 nitrogen and oxygen atoms in total.